The van der Waals surface area contributed by atoms with E-state index in [2.05, 4.69) is 5.32 Å². The Hall–Kier alpha value is -3.20. The van der Waals surface area contributed by atoms with Gasteiger partial charge < -0.3 is 10.1 Å². The minimum absolute atomic E-state index is 0.00291. The first kappa shape index (κ1) is 18.1. The van der Waals surface area contributed by atoms with Crippen LogP contribution in [0.25, 0.3) is 0 Å². The first-order valence-electron chi connectivity index (χ1n) is 7.73. The molecule has 0 bridgehead atoms. The minimum Gasteiger partial charge on any atom is -0.456 e. The maximum absolute atomic E-state index is 13.4. The molecule has 0 saturated carbocycles. The van der Waals surface area contributed by atoms with Crippen molar-refractivity contribution in [3.8, 4) is 6.07 Å². The van der Waals surface area contributed by atoms with Crippen LogP contribution in [0.3, 0.4) is 0 Å². The van der Waals surface area contributed by atoms with Gasteiger partial charge in [-0.2, -0.15) is 5.26 Å². The van der Waals surface area contributed by atoms with Crippen LogP contribution in [0.4, 0.5) is 10.1 Å². The van der Waals surface area contributed by atoms with E-state index in [-0.39, 0.29) is 18.7 Å². The third-order valence-corrected chi connectivity index (χ3v) is 3.44. The number of carbonyl (C=O) groups excluding carboxylic acids is 2. The van der Waals surface area contributed by atoms with Crippen molar-refractivity contribution in [2.24, 2.45) is 0 Å². The van der Waals surface area contributed by atoms with Gasteiger partial charge in [0.2, 0.25) is 0 Å². The summed E-state index contributed by atoms with van der Waals surface area (Å²) in [4.78, 5) is 23.4. The zero-order valence-electron chi connectivity index (χ0n) is 13.5. The molecule has 0 atom stereocenters. The lowest BCUT2D eigenvalue weighted by Gasteiger charge is -2.07. The fourth-order valence-corrected chi connectivity index (χ4v) is 2.15. The lowest BCUT2D eigenvalue weighted by Crippen LogP contribution is -2.21. The van der Waals surface area contributed by atoms with Crippen molar-refractivity contribution in [2.75, 3.05) is 11.9 Å². The zero-order chi connectivity index (χ0) is 18.1. The molecule has 0 aliphatic carbocycles. The summed E-state index contributed by atoms with van der Waals surface area (Å²) in [5, 5.41) is 11.2. The molecule has 0 aliphatic rings. The molecule has 6 heteroatoms. The smallest absolute Gasteiger partial charge is 0.306 e. The molecule has 0 spiro atoms. The van der Waals surface area contributed by atoms with Crippen molar-refractivity contribution < 1.29 is 18.7 Å². The Labute approximate surface area is 145 Å². The molecular weight excluding hydrogens is 323 g/mol. The first-order chi connectivity index (χ1) is 12.1. The van der Waals surface area contributed by atoms with Crippen molar-refractivity contribution in [1.82, 2.24) is 0 Å². The second kappa shape index (κ2) is 9.18. The lowest BCUT2D eigenvalue weighted by atomic mass is 10.1. The maximum Gasteiger partial charge on any atom is 0.306 e. The van der Waals surface area contributed by atoms with E-state index in [0.29, 0.717) is 17.7 Å². The number of rotatable bonds is 7. The highest BCUT2D eigenvalue weighted by atomic mass is 19.1. The van der Waals surface area contributed by atoms with Crippen LogP contribution in [0.5, 0.6) is 0 Å². The lowest BCUT2D eigenvalue weighted by molar-refractivity contribution is -0.147. The van der Waals surface area contributed by atoms with Crippen LogP contribution in [0.15, 0.2) is 48.5 Å². The molecule has 0 heterocycles. The van der Waals surface area contributed by atoms with Crippen molar-refractivity contribution in [1.29, 1.82) is 5.26 Å². The highest BCUT2D eigenvalue weighted by Gasteiger charge is 2.10. The van der Waals surface area contributed by atoms with Crippen LogP contribution >= 0.6 is 0 Å². The molecule has 5 nitrogen and oxygen atoms in total. The summed E-state index contributed by atoms with van der Waals surface area (Å²) in [6.07, 6.45) is 0.512. The van der Waals surface area contributed by atoms with Crippen LogP contribution < -0.4 is 5.32 Å². The van der Waals surface area contributed by atoms with Crippen LogP contribution in [-0.2, 0) is 27.2 Å². The number of carbonyl (C=O) groups is 2. The molecule has 0 radical (unpaired) electrons. The Morgan fingerprint density at radius 1 is 1.12 bits per heavy atom. The van der Waals surface area contributed by atoms with Gasteiger partial charge in [0.25, 0.3) is 5.91 Å². The van der Waals surface area contributed by atoms with E-state index in [4.69, 9.17) is 10.00 Å². The number of hydrogen-bond acceptors (Lipinski definition) is 4. The van der Waals surface area contributed by atoms with Crippen LogP contribution in [0.2, 0.25) is 0 Å². The van der Waals surface area contributed by atoms with Gasteiger partial charge in [0.05, 0.1) is 12.5 Å². The Balaban J connectivity index is 1.73. The predicted octanol–water partition coefficient (Wildman–Crippen LogP) is 3.01. The molecular formula is C19H17FN2O3. The Morgan fingerprint density at radius 3 is 2.52 bits per heavy atom. The van der Waals surface area contributed by atoms with E-state index in [1.165, 1.54) is 6.07 Å². The average molecular weight is 340 g/mol. The second-order valence-electron chi connectivity index (χ2n) is 5.33. The standard InChI is InChI=1S/C19H17FN2O3/c20-17-4-2-1-3-15(17)7-10-19(24)25-13-18(23)22-16-8-5-14(6-9-16)11-12-21/h1-6,8-9H,7,10-11,13H2,(H,22,23). The quantitative estimate of drug-likeness (QED) is 0.786. The number of aryl methyl sites for hydroxylation is 1. The summed E-state index contributed by atoms with van der Waals surface area (Å²) >= 11 is 0. The zero-order valence-corrected chi connectivity index (χ0v) is 13.5. The summed E-state index contributed by atoms with van der Waals surface area (Å²) in [5.74, 6) is -1.40. The topological polar surface area (TPSA) is 79.2 Å². The number of nitrogens with one attached hydrogen (secondary N) is 1. The molecule has 0 aromatic heterocycles. The van der Waals surface area contributed by atoms with Crippen molar-refractivity contribution in [3.05, 3.63) is 65.5 Å². The highest BCUT2D eigenvalue weighted by molar-refractivity contribution is 5.92. The monoisotopic (exact) mass is 340 g/mol. The van der Waals surface area contributed by atoms with Crippen LogP contribution in [0.1, 0.15) is 17.5 Å². The molecule has 0 unspecified atom stereocenters. The van der Waals surface area contributed by atoms with Crippen molar-refractivity contribution >= 4 is 17.6 Å². The molecule has 1 amide bonds. The van der Waals surface area contributed by atoms with Gasteiger partial charge in [-0.05, 0) is 35.7 Å². The third-order valence-electron chi connectivity index (χ3n) is 3.44. The first-order valence-corrected chi connectivity index (χ1v) is 7.73. The fourth-order valence-electron chi connectivity index (χ4n) is 2.15. The summed E-state index contributed by atoms with van der Waals surface area (Å²) in [6.45, 7) is -0.407. The number of anilines is 1. The molecule has 25 heavy (non-hydrogen) atoms. The predicted molar refractivity (Wildman–Crippen MR) is 90.1 cm³/mol. The number of ether oxygens (including phenoxy) is 1. The highest BCUT2D eigenvalue weighted by Crippen LogP contribution is 2.11. The number of benzene rings is 2. The number of esters is 1. The Bertz CT molecular complexity index is 782. The molecule has 2 rings (SSSR count). The molecule has 128 valence electrons. The fraction of sp³-hybridized carbons (Fsp3) is 0.211. The molecule has 2 aromatic carbocycles. The van der Waals surface area contributed by atoms with Gasteiger partial charge in [-0.3, -0.25) is 9.59 Å². The normalized spacial score (nSPS) is 9.92. The number of nitrogens with zero attached hydrogens (tertiary/aromatic N) is 1. The van der Waals surface area contributed by atoms with Crippen molar-refractivity contribution in [3.63, 3.8) is 0 Å². The van der Waals surface area contributed by atoms with E-state index in [1.54, 1.807) is 42.5 Å². The largest absolute Gasteiger partial charge is 0.456 e. The van der Waals surface area contributed by atoms with Crippen LogP contribution in [-0.4, -0.2) is 18.5 Å². The SMILES string of the molecule is N#CCc1ccc(NC(=O)COC(=O)CCc2ccccc2F)cc1. The average Bonchev–Trinajstić information content (AvgIpc) is 2.61. The van der Waals surface area contributed by atoms with Gasteiger partial charge in [0.15, 0.2) is 6.61 Å². The van der Waals surface area contributed by atoms with Crippen molar-refractivity contribution in [2.45, 2.75) is 19.3 Å². The Morgan fingerprint density at radius 2 is 1.84 bits per heavy atom. The number of hydrogen-bond donors (Lipinski definition) is 1. The maximum atomic E-state index is 13.4. The van der Waals surface area contributed by atoms with Gasteiger partial charge in [-0.15, -0.1) is 0 Å². The summed E-state index contributed by atoms with van der Waals surface area (Å²) in [7, 11) is 0. The number of amides is 1. The molecule has 2 aromatic rings. The minimum atomic E-state index is -0.567. The summed E-state index contributed by atoms with van der Waals surface area (Å²) in [5.41, 5.74) is 1.83. The molecule has 1 N–H and O–H groups in total. The van der Waals surface area contributed by atoms with Crippen LogP contribution in [0, 0.1) is 17.1 Å². The molecule has 0 fully saturated rings. The number of nitriles is 1. The number of halogens is 1. The Kier molecular flexibility index (Phi) is 6.66. The van der Waals surface area contributed by atoms with Gasteiger partial charge in [0.1, 0.15) is 5.82 Å². The second-order valence-corrected chi connectivity index (χ2v) is 5.33. The van der Waals surface area contributed by atoms with E-state index in [1.807, 2.05) is 6.07 Å². The third kappa shape index (κ3) is 6.07. The van der Waals surface area contributed by atoms with Gasteiger partial charge >= 0.3 is 5.97 Å². The van der Waals surface area contributed by atoms with E-state index in [9.17, 15) is 14.0 Å². The van der Waals surface area contributed by atoms with E-state index >= 15 is 0 Å². The molecule has 0 saturated heterocycles. The van der Waals surface area contributed by atoms with E-state index in [0.717, 1.165) is 5.56 Å². The summed E-state index contributed by atoms with van der Waals surface area (Å²) in [6, 6.07) is 15.1. The summed E-state index contributed by atoms with van der Waals surface area (Å²) < 4.78 is 18.3. The van der Waals surface area contributed by atoms with E-state index < -0.39 is 18.5 Å². The van der Waals surface area contributed by atoms with Gasteiger partial charge in [0, 0.05) is 12.1 Å². The van der Waals surface area contributed by atoms with Gasteiger partial charge in [-0.1, -0.05) is 30.3 Å². The van der Waals surface area contributed by atoms with Gasteiger partial charge in [-0.25, -0.2) is 4.39 Å². The molecule has 0 aliphatic heterocycles.